The van der Waals surface area contributed by atoms with Gasteiger partial charge in [0.1, 0.15) is 11.5 Å². The maximum atomic E-state index is 10.6. The van der Waals surface area contributed by atoms with Crippen molar-refractivity contribution in [3.05, 3.63) is 57.6 Å². The first-order chi connectivity index (χ1) is 9.47. The molecule has 2 rings (SSSR count). The van der Waals surface area contributed by atoms with Crippen LogP contribution in [0.2, 0.25) is 0 Å². The van der Waals surface area contributed by atoms with Crippen molar-refractivity contribution in [1.29, 1.82) is 0 Å². The molecule has 0 atom stereocenters. The summed E-state index contributed by atoms with van der Waals surface area (Å²) >= 11 is 0. The first kappa shape index (κ1) is 13.7. The van der Waals surface area contributed by atoms with Gasteiger partial charge in [-0.15, -0.1) is 0 Å². The third-order valence-electron chi connectivity index (χ3n) is 2.96. The fourth-order valence-corrected chi connectivity index (χ4v) is 1.85. The average molecular weight is 274 g/mol. The summed E-state index contributed by atoms with van der Waals surface area (Å²) < 4.78 is 0. The summed E-state index contributed by atoms with van der Waals surface area (Å²) in [4.78, 5) is 10.2. The SMILES string of the molecule is Cc1cc([N+](=O)[O-])ccc1NCc1ccc(O)cc1O. The number of benzene rings is 2. The Morgan fingerprint density at radius 2 is 1.95 bits per heavy atom. The van der Waals surface area contributed by atoms with Crippen LogP contribution in [0.5, 0.6) is 11.5 Å². The Kier molecular flexibility index (Phi) is 3.74. The van der Waals surface area contributed by atoms with Crippen molar-refractivity contribution in [2.45, 2.75) is 13.5 Å². The van der Waals surface area contributed by atoms with Crippen LogP contribution in [0.3, 0.4) is 0 Å². The van der Waals surface area contributed by atoms with Crippen molar-refractivity contribution >= 4 is 11.4 Å². The molecular weight excluding hydrogens is 260 g/mol. The number of anilines is 1. The Hall–Kier alpha value is -2.76. The van der Waals surface area contributed by atoms with Crippen LogP contribution in [-0.4, -0.2) is 15.1 Å². The molecule has 0 aliphatic carbocycles. The Morgan fingerprint density at radius 1 is 1.20 bits per heavy atom. The number of non-ortho nitro benzene ring substituents is 1. The van der Waals surface area contributed by atoms with Crippen molar-refractivity contribution < 1.29 is 15.1 Å². The lowest BCUT2D eigenvalue weighted by Crippen LogP contribution is -2.01. The molecule has 0 saturated heterocycles. The largest absolute Gasteiger partial charge is 0.508 e. The normalized spacial score (nSPS) is 10.2. The van der Waals surface area contributed by atoms with Crippen molar-refractivity contribution in [1.82, 2.24) is 0 Å². The first-order valence-corrected chi connectivity index (χ1v) is 5.97. The van der Waals surface area contributed by atoms with Gasteiger partial charge in [0, 0.05) is 36.0 Å². The zero-order chi connectivity index (χ0) is 14.7. The van der Waals surface area contributed by atoms with E-state index in [1.165, 1.54) is 24.3 Å². The Morgan fingerprint density at radius 3 is 2.55 bits per heavy atom. The standard InChI is InChI=1S/C14H14N2O4/c1-9-6-11(16(19)20)3-5-13(9)15-8-10-2-4-12(17)7-14(10)18/h2-7,15,17-18H,8H2,1H3. The lowest BCUT2D eigenvalue weighted by molar-refractivity contribution is -0.384. The first-order valence-electron chi connectivity index (χ1n) is 5.97. The molecule has 0 aromatic heterocycles. The van der Waals surface area contributed by atoms with Crippen LogP contribution in [0.4, 0.5) is 11.4 Å². The monoisotopic (exact) mass is 274 g/mol. The Bertz CT molecular complexity index is 656. The van der Waals surface area contributed by atoms with Gasteiger partial charge in [-0.25, -0.2) is 0 Å². The minimum atomic E-state index is -0.442. The number of phenols is 2. The van der Waals surface area contributed by atoms with Crippen molar-refractivity contribution in [3.63, 3.8) is 0 Å². The molecule has 2 aromatic rings. The van der Waals surface area contributed by atoms with Gasteiger partial charge in [-0.1, -0.05) is 0 Å². The number of rotatable bonds is 4. The van der Waals surface area contributed by atoms with Gasteiger partial charge in [0.25, 0.3) is 5.69 Å². The molecule has 0 aliphatic rings. The van der Waals surface area contributed by atoms with Crippen LogP contribution in [0.1, 0.15) is 11.1 Å². The van der Waals surface area contributed by atoms with E-state index < -0.39 is 4.92 Å². The molecule has 0 heterocycles. The maximum Gasteiger partial charge on any atom is 0.269 e. The molecule has 0 unspecified atom stereocenters. The highest BCUT2D eigenvalue weighted by atomic mass is 16.6. The Balaban J connectivity index is 2.13. The fourth-order valence-electron chi connectivity index (χ4n) is 1.85. The molecule has 0 amide bonds. The van der Waals surface area contributed by atoms with E-state index in [-0.39, 0.29) is 17.2 Å². The molecular formula is C14H14N2O4. The molecule has 6 nitrogen and oxygen atoms in total. The van der Waals surface area contributed by atoms with E-state index in [1.807, 2.05) is 0 Å². The molecule has 2 aromatic carbocycles. The fraction of sp³-hybridized carbons (Fsp3) is 0.143. The average Bonchev–Trinajstić information content (AvgIpc) is 2.38. The summed E-state index contributed by atoms with van der Waals surface area (Å²) in [5.41, 5.74) is 2.17. The lowest BCUT2D eigenvalue weighted by Gasteiger charge is -2.10. The third-order valence-corrected chi connectivity index (χ3v) is 2.96. The molecule has 0 bridgehead atoms. The molecule has 6 heteroatoms. The molecule has 104 valence electrons. The lowest BCUT2D eigenvalue weighted by atomic mass is 10.1. The molecule has 3 N–H and O–H groups in total. The number of nitrogens with one attached hydrogen (secondary N) is 1. The van der Waals surface area contributed by atoms with Gasteiger partial charge in [0.2, 0.25) is 0 Å². The van der Waals surface area contributed by atoms with Gasteiger partial charge in [0.15, 0.2) is 0 Å². The van der Waals surface area contributed by atoms with Gasteiger partial charge in [-0.3, -0.25) is 10.1 Å². The van der Waals surface area contributed by atoms with Crippen LogP contribution < -0.4 is 5.32 Å². The summed E-state index contributed by atoms with van der Waals surface area (Å²) in [7, 11) is 0. The van der Waals surface area contributed by atoms with Crippen LogP contribution in [0.25, 0.3) is 0 Å². The van der Waals surface area contributed by atoms with Crippen LogP contribution >= 0.6 is 0 Å². The van der Waals surface area contributed by atoms with Crippen molar-refractivity contribution in [3.8, 4) is 11.5 Å². The summed E-state index contributed by atoms with van der Waals surface area (Å²) in [6.45, 7) is 2.12. The van der Waals surface area contributed by atoms with Crippen LogP contribution in [0.15, 0.2) is 36.4 Å². The second-order valence-corrected chi connectivity index (χ2v) is 4.42. The number of nitro benzene ring substituents is 1. The zero-order valence-electron chi connectivity index (χ0n) is 10.8. The van der Waals surface area contributed by atoms with E-state index in [9.17, 15) is 20.3 Å². The van der Waals surface area contributed by atoms with E-state index in [1.54, 1.807) is 19.1 Å². The third kappa shape index (κ3) is 2.97. The predicted octanol–water partition coefficient (Wildman–Crippen LogP) is 2.93. The van der Waals surface area contributed by atoms with Crippen molar-refractivity contribution in [2.75, 3.05) is 5.32 Å². The number of hydrogen-bond donors (Lipinski definition) is 3. The quantitative estimate of drug-likeness (QED) is 0.588. The van der Waals surface area contributed by atoms with E-state index in [2.05, 4.69) is 5.32 Å². The second kappa shape index (κ2) is 5.48. The number of aryl methyl sites for hydroxylation is 1. The molecule has 20 heavy (non-hydrogen) atoms. The maximum absolute atomic E-state index is 10.6. The summed E-state index contributed by atoms with van der Waals surface area (Å²) in [6, 6.07) is 8.90. The van der Waals surface area contributed by atoms with Crippen molar-refractivity contribution in [2.24, 2.45) is 0 Å². The molecule has 0 aliphatic heterocycles. The highest BCUT2D eigenvalue weighted by Crippen LogP contribution is 2.25. The Labute approximate surface area is 115 Å². The van der Waals surface area contributed by atoms with E-state index in [0.29, 0.717) is 12.1 Å². The molecule has 0 saturated carbocycles. The van der Waals surface area contributed by atoms with Gasteiger partial charge >= 0.3 is 0 Å². The topological polar surface area (TPSA) is 95.6 Å². The highest BCUT2D eigenvalue weighted by molar-refractivity contribution is 5.56. The number of hydrogen-bond acceptors (Lipinski definition) is 5. The zero-order valence-corrected chi connectivity index (χ0v) is 10.8. The van der Waals surface area contributed by atoms with Crippen LogP contribution in [-0.2, 0) is 6.54 Å². The van der Waals surface area contributed by atoms with Gasteiger partial charge in [-0.2, -0.15) is 0 Å². The number of aromatic hydroxyl groups is 2. The summed E-state index contributed by atoms with van der Waals surface area (Å²) in [5, 5.41) is 32.6. The predicted molar refractivity (Wildman–Crippen MR) is 74.9 cm³/mol. The van der Waals surface area contributed by atoms with Gasteiger partial charge < -0.3 is 15.5 Å². The number of nitro groups is 1. The summed E-state index contributed by atoms with van der Waals surface area (Å²) in [5.74, 6) is -0.00479. The molecule has 0 radical (unpaired) electrons. The summed E-state index contributed by atoms with van der Waals surface area (Å²) in [6.07, 6.45) is 0. The van der Waals surface area contributed by atoms with Crippen LogP contribution in [0, 0.1) is 17.0 Å². The molecule has 0 fully saturated rings. The number of phenolic OH excluding ortho intramolecular Hbond substituents is 2. The smallest absolute Gasteiger partial charge is 0.269 e. The second-order valence-electron chi connectivity index (χ2n) is 4.42. The van der Waals surface area contributed by atoms with E-state index >= 15 is 0 Å². The highest BCUT2D eigenvalue weighted by Gasteiger charge is 2.08. The minimum absolute atomic E-state index is 0.00207. The van der Waals surface area contributed by atoms with E-state index in [4.69, 9.17) is 0 Å². The minimum Gasteiger partial charge on any atom is -0.508 e. The molecule has 0 spiro atoms. The van der Waals surface area contributed by atoms with Gasteiger partial charge in [-0.05, 0) is 30.7 Å². The number of nitrogens with zero attached hydrogens (tertiary/aromatic N) is 1. The van der Waals surface area contributed by atoms with Gasteiger partial charge in [0.05, 0.1) is 4.92 Å². The van der Waals surface area contributed by atoms with E-state index in [0.717, 1.165) is 11.3 Å².